The summed E-state index contributed by atoms with van der Waals surface area (Å²) in [6.45, 7) is 5.91. The Balaban J connectivity index is 0.000000186. The monoisotopic (exact) mass is 986 g/mol. The summed E-state index contributed by atoms with van der Waals surface area (Å²) >= 11 is 0. The van der Waals surface area contributed by atoms with E-state index in [1.807, 2.05) is 97.1 Å². The second kappa shape index (κ2) is 20.7. The van der Waals surface area contributed by atoms with Crippen molar-refractivity contribution in [3.63, 3.8) is 0 Å². The van der Waals surface area contributed by atoms with Crippen molar-refractivity contribution in [1.29, 1.82) is 0 Å². The Hall–Kier alpha value is -5.26. The SMILES string of the molecule is C[N+]1(CCc2ccccc2)CC[C@@H](OC(=O)C2c3ccccc3Oc3ccccc32)C1.C[N+]1(CCc2ccccc2)CC[C@@H](OC(=O)C2c3ccccc3Oc3ccccc32)C1.[Br-].[Br-]. The maximum Gasteiger partial charge on any atom is 0.318 e. The van der Waals surface area contributed by atoms with Gasteiger partial charge in [-0.1, -0.05) is 133 Å². The Labute approximate surface area is 398 Å². The fourth-order valence-electron chi connectivity index (χ4n) is 9.74. The Bertz CT molecular complexity index is 2260. The van der Waals surface area contributed by atoms with Gasteiger partial charge in [-0.2, -0.15) is 0 Å². The second-order valence-electron chi connectivity index (χ2n) is 17.9. The Morgan fingerprint density at radius 3 is 1.09 bits per heavy atom. The standard InChI is InChI=1S/2C27H28NO3.2BrH/c2*1-28(17-15-20-9-3-2-4-10-20)18-16-21(19-28)30-27(29)26-22-11-5-7-13-24(22)31-25-14-8-6-12-23(25)26;;/h2*2-14,21,26H,15-19H2,1H3;2*1H/q2*+1;;/p-2/t2*21-,28?;;/m11../s1. The van der Waals surface area contributed by atoms with Crippen molar-refractivity contribution >= 4 is 11.9 Å². The van der Waals surface area contributed by atoms with Crippen LogP contribution in [0, 0.1) is 0 Å². The predicted octanol–water partition coefficient (Wildman–Crippen LogP) is 3.87. The molecule has 0 N–H and O–H groups in total. The zero-order valence-corrected chi connectivity index (χ0v) is 39.7. The molecule has 0 bridgehead atoms. The molecule has 0 aromatic heterocycles. The number of benzene rings is 6. The van der Waals surface area contributed by atoms with Crippen molar-refractivity contribution in [2.45, 2.75) is 49.7 Å². The Morgan fingerprint density at radius 2 is 0.766 bits per heavy atom. The highest BCUT2D eigenvalue weighted by Crippen LogP contribution is 2.46. The molecule has 4 atom stereocenters. The van der Waals surface area contributed by atoms with Gasteiger partial charge in [-0.25, -0.2) is 0 Å². The molecule has 4 aliphatic heterocycles. The molecule has 0 radical (unpaired) electrons. The Kier molecular flexibility index (Phi) is 15.1. The molecule has 4 heterocycles. The highest BCUT2D eigenvalue weighted by Gasteiger charge is 2.42. The third-order valence-electron chi connectivity index (χ3n) is 13.2. The number of ether oxygens (including phenoxy) is 4. The zero-order valence-electron chi connectivity index (χ0n) is 36.5. The summed E-state index contributed by atoms with van der Waals surface area (Å²) in [4.78, 5) is 26.8. The van der Waals surface area contributed by atoms with Crippen molar-refractivity contribution < 1.29 is 71.5 Å². The van der Waals surface area contributed by atoms with E-state index in [9.17, 15) is 9.59 Å². The van der Waals surface area contributed by atoms with Gasteiger partial charge in [0.15, 0.2) is 12.2 Å². The number of esters is 2. The number of rotatable bonds is 10. The van der Waals surface area contributed by atoms with E-state index in [-0.39, 0.29) is 58.1 Å². The van der Waals surface area contributed by atoms with E-state index >= 15 is 0 Å². The van der Waals surface area contributed by atoms with Crippen molar-refractivity contribution in [3.05, 3.63) is 191 Å². The van der Waals surface area contributed by atoms with Crippen LogP contribution in [0.5, 0.6) is 23.0 Å². The number of halogens is 2. The summed E-state index contributed by atoms with van der Waals surface area (Å²) in [6.07, 6.45) is 3.80. The van der Waals surface area contributed by atoms with Gasteiger partial charge in [-0.3, -0.25) is 9.59 Å². The van der Waals surface area contributed by atoms with Gasteiger partial charge in [0.25, 0.3) is 0 Å². The van der Waals surface area contributed by atoms with E-state index in [4.69, 9.17) is 18.9 Å². The molecular weight excluding hydrogens is 932 g/mol. The molecule has 0 spiro atoms. The summed E-state index contributed by atoms with van der Waals surface area (Å²) in [7, 11) is 4.55. The largest absolute Gasteiger partial charge is 1.00 e. The number of carbonyl (C=O) groups excluding carboxylic acids is 2. The molecule has 2 saturated heterocycles. The minimum absolute atomic E-state index is 0. The van der Waals surface area contributed by atoms with Gasteiger partial charge in [0.05, 0.1) is 40.3 Å². The number of fused-ring (bicyclic) bond motifs is 4. The van der Waals surface area contributed by atoms with E-state index < -0.39 is 11.8 Å². The van der Waals surface area contributed by atoms with E-state index in [1.54, 1.807) is 0 Å². The highest BCUT2D eigenvalue weighted by atomic mass is 79.9. The normalized spacial score (nSPS) is 21.6. The van der Waals surface area contributed by atoms with Crippen LogP contribution in [-0.4, -0.2) is 86.5 Å². The molecule has 0 saturated carbocycles. The summed E-state index contributed by atoms with van der Waals surface area (Å²) < 4.78 is 26.1. The molecule has 6 aromatic rings. The molecule has 10 rings (SSSR count). The molecule has 6 aromatic carbocycles. The number of quaternary nitrogens is 2. The zero-order chi connectivity index (χ0) is 42.5. The van der Waals surface area contributed by atoms with Crippen LogP contribution in [0.3, 0.4) is 0 Å². The number of likely N-dealkylation sites (tertiary alicyclic amines) is 2. The lowest BCUT2D eigenvalue weighted by molar-refractivity contribution is -0.898. The maximum absolute atomic E-state index is 13.4. The van der Waals surface area contributed by atoms with Crippen molar-refractivity contribution in [2.24, 2.45) is 0 Å². The van der Waals surface area contributed by atoms with Gasteiger partial charge in [0.1, 0.15) is 47.9 Å². The first kappa shape index (κ1) is 46.7. The van der Waals surface area contributed by atoms with Crippen LogP contribution in [0.25, 0.3) is 0 Å². The average Bonchev–Trinajstić information content (AvgIpc) is 3.87. The lowest BCUT2D eigenvalue weighted by Gasteiger charge is -2.30. The average molecular weight is 989 g/mol. The summed E-state index contributed by atoms with van der Waals surface area (Å²) in [5, 5.41) is 0. The smallest absolute Gasteiger partial charge is 0.318 e. The number of hydrogen-bond donors (Lipinski definition) is 0. The van der Waals surface area contributed by atoms with E-state index in [0.29, 0.717) is 0 Å². The highest BCUT2D eigenvalue weighted by molar-refractivity contribution is 5.86. The van der Waals surface area contributed by atoms with Crippen LogP contribution in [0.1, 0.15) is 58.1 Å². The van der Waals surface area contributed by atoms with Crippen LogP contribution < -0.4 is 43.4 Å². The van der Waals surface area contributed by atoms with Gasteiger partial charge in [0.2, 0.25) is 0 Å². The third kappa shape index (κ3) is 10.6. The van der Waals surface area contributed by atoms with Gasteiger partial charge >= 0.3 is 11.9 Å². The van der Waals surface area contributed by atoms with Gasteiger partial charge < -0.3 is 61.9 Å². The maximum atomic E-state index is 13.4. The van der Waals surface area contributed by atoms with Crippen molar-refractivity contribution in [2.75, 3.05) is 53.4 Å². The number of hydrogen-bond acceptors (Lipinski definition) is 6. The van der Waals surface area contributed by atoms with E-state index in [0.717, 1.165) is 119 Å². The molecule has 2 fully saturated rings. The van der Waals surface area contributed by atoms with E-state index in [2.05, 4.69) is 74.8 Å². The van der Waals surface area contributed by atoms with E-state index in [1.165, 1.54) is 11.1 Å². The van der Waals surface area contributed by atoms with Crippen LogP contribution in [0.2, 0.25) is 0 Å². The molecule has 4 aliphatic rings. The van der Waals surface area contributed by atoms with Gasteiger partial charge in [-0.15, -0.1) is 0 Å². The lowest BCUT2D eigenvalue weighted by atomic mass is 9.88. The number of para-hydroxylation sites is 4. The fraction of sp³-hybridized carbons (Fsp3) is 0.296. The first-order valence-electron chi connectivity index (χ1n) is 22.1. The third-order valence-corrected chi connectivity index (χ3v) is 13.2. The van der Waals surface area contributed by atoms with Gasteiger partial charge in [-0.05, 0) is 35.4 Å². The molecular formula is C54H56Br2N2O6. The second-order valence-corrected chi connectivity index (χ2v) is 17.9. The number of nitrogens with zero attached hydrogens (tertiary/aromatic N) is 2. The lowest BCUT2D eigenvalue weighted by Crippen LogP contribution is -3.00. The summed E-state index contributed by atoms with van der Waals surface area (Å²) in [6, 6.07) is 52.2. The summed E-state index contributed by atoms with van der Waals surface area (Å²) in [5.74, 6) is 1.70. The minimum atomic E-state index is -0.440. The van der Waals surface area contributed by atoms with Crippen LogP contribution in [0.4, 0.5) is 0 Å². The molecule has 0 aliphatic carbocycles. The topological polar surface area (TPSA) is 71.1 Å². The molecule has 8 nitrogen and oxygen atoms in total. The minimum Gasteiger partial charge on any atom is -1.00 e. The molecule has 64 heavy (non-hydrogen) atoms. The van der Waals surface area contributed by atoms with Crippen LogP contribution in [0.15, 0.2) is 158 Å². The van der Waals surface area contributed by atoms with Crippen molar-refractivity contribution in [1.82, 2.24) is 0 Å². The molecule has 332 valence electrons. The summed E-state index contributed by atoms with van der Waals surface area (Å²) in [5.41, 5.74) is 6.24. The van der Waals surface area contributed by atoms with Crippen LogP contribution in [-0.2, 0) is 31.9 Å². The molecule has 10 heteroatoms. The first-order chi connectivity index (χ1) is 30.2. The predicted molar refractivity (Wildman–Crippen MR) is 240 cm³/mol. The molecule has 2 unspecified atom stereocenters. The van der Waals surface area contributed by atoms with Gasteiger partial charge in [0, 0.05) is 47.9 Å². The first-order valence-corrected chi connectivity index (χ1v) is 22.1. The van der Waals surface area contributed by atoms with Crippen LogP contribution >= 0.6 is 0 Å². The molecule has 0 amide bonds. The Morgan fingerprint density at radius 1 is 0.469 bits per heavy atom. The quantitative estimate of drug-likeness (QED) is 0.154. The number of likely N-dealkylation sites (N-methyl/N-ethyl adjacent to an activating group) is 2. The number of carbonyl (C=O) groups is 2. The fourth-order valence-corrected chi connectivity index (χ4v) is 9.74. The van der Waals surface area contributed by atoms with Crippen molar-refractivity contribution in [3.8, 4) is 23.0 Å².